The minimum atomic E-state index is -0.125. The Hall–Kier alpha value is -1.02. The molecule has 1 aromatic rings. The molecule has 0 saturated carbocycles. The number of carbonyl (C=O) groups excluding carboxylic acids is 1. The lowest BCUT2D eigenvalue weighted by Crippen LogP contribution is -2.54. The molecule has 1 amide bonds. The molecule has 1 aliphatic heterocycles. The number of carbonyl (C=O) groups is 1. The molecule has 2 heterocycles. The van der Waals surface area contributed by atoms with Crippen molar-refractivity contribution in [2.45, 2.75) is 19.0 Å². The summed E-state index contributed by atoms with van der Waals surface area (Å²) >= 11 is 1.43. The van der Waals surface area contributed by atoms with Gasteiger partial charge in [0.1, 0.15) is 10.7 Å². The van der Waals surface area contributed by atoms with Crippen molar-refractivity contribution in [1.29, 1.82) is 0 Å². The van der Waals surface area contributed by atoms with E-state index in [-0.39, 0.29) is 11.9 Å². The van der Waals surface area contributed by atoms with Crippen LogP contribution in [0.1, 0.15) is 28.5 Å². The number of nitrogens with zero attached hydrogens (tertiary/aromatic N) is 3. The first-order valence-electron chi connectivity index (χ1n) is 6.85. The van der Waals surface area contributed by atoms with E-state index in [1.807, 2.05) is 6.92 Å². The summed E-state index contributed by atoms with van der Waals surface area (Å²) in [5, 5.41) is 5.53. The van der Waals surface area contributed by atoms with E-state index < -0.39 is 0 Å². The van der Waals surface area contributed by atoms with Crippen LogP contribution in [0.4, 0.5) is 0 Å². The first-order valence-corrected chi connectivity index (χ1v) is 7.73. The van der Waals surface area contributed by atoms with Crippen molar-refractivity contribution in [3.8, 4) is 0 Å². The molecule has 3 N–H and O–H groups in total. The van der Waals surface area contributed by atoms with Gasteiger partial charge < -0.3 is 16.0 Å². The molecule has 1 saturated heterocycles. The summed E-state index contributed by atoms with van der Waals surface area (Å²) in [4.78, 5) is 20.9. The predicted octanol–water partition coefficient (Wildman–Crippen LogP) is 0.138. The Balaban J connectivity index is 1.87. The number of amides is 1. The number of thiazole rings is 1. The van der Waals surface area contributed by atoms with Crippen molar-refractivity contribution in [2.75, 3.05) is 40.3 Å². The molecule has 2 atom stereocenters. The van der Waals surface area contributed by atoms with Crippen LogP contribution in [0.3, 0.4) is 0 Å². The molecule has 0 radical (unpaired) electrons. The lowest BCUT2D eigenvalue weighted by molar-refractivity contribution is 0.0877. The van der Waals surface area contributed by atoms with Crippen LogP contribution in [0.25, 0.3) is 0 Å². The molecule has 2 unspecified atom stereocenters. The van der Waals surface area contributed by atoms with E-state index in [0.717, 1.165) is 24.6 Å². The van der Waals surface area contributed by atoms with Gasteiger partial charge >= 0.3 is 0 Å². The summed E-state index contributed by atoms with van der Waals surface area (Å²) in [7, 11) is 4.21. The zero-order valence-electron chi connectivity index (χ0n) is 12.3. The minimum absolute atomic E-state index is 0.116. The van der Waals surface area contributed by atoms with Crippen LogP contribution in [0.5, 0.6) is 0 Å². The second-order valence-corrected chi connectivity index (χ2v) is 6.36. The van der Waals surface area contributed by atoms with E-state index in [1.54, 1.807) is 5.38 Å². The lowest BCUT2D eigenvalue weighted by Gasteiger charge is -2.37. The van der Waals surface area contributed by atoms with Gasteiger partial charge in [-0.2, -0.15) is 0 Å². The molecular formula is C13H23N5OS. The van der Waals surface area contributed by atoms with Crippen molar-refractivity contribution < 1.29 is 4.79 Å². The summed E-state index contributed by atoms with van der Waals surface area (Å²) in [6, 6.07) is 0.226. The van der Waals surface area contributed by atoms with Crippen LogP contribution in [0.2, 0.25) is 0 Å². The second-order valence-electron chi connectivity index (χ2n) is 5.47. The van der Waals surface area contributed by atoms with E-state index in [4.69, 9.17) is 5.73 Å². The molecule has 0 spiro atoms. The number of hydrogen-bond donors (Lipinski definition) is 2. The Labute approximate surface area is 124 Å². The molecule has 0 aliphatic carbocycles. The molecular weight excluding hydrogens is 274 g/mol. The third kappa shape index (κ3) is 3.76. The van der Waals surface area contributed by atoms with Crippen molar-refractivity contribution >= 4 is 17.2 Å². The van der Waals surface area contributed by atoms with Gasteiger partial charge in [0.15, 0.2) is 0 Å². The molecule has 1 aromatic heterocycles. The molecule has 0 aromatic carbocycles. The maximum atomic E-state index is 12.1. The summed E-state index contributed by atoms with van der Waals surface area (Å²) in [5.74, 6) is -0.116. The summed E-state index contributed by atoms with van der Waals surface area (Å²) < 4.78 is 0. The molecule has 1 fully saturated rings. The number of nitrogens with two attached hydrogens (primary N) is 1. The van der Waals surface area contributed by atoms with E-state index in [1.165, 1.54) is 11.3 Å². The highest BCUT2D eigenvalue weighted by Crippen LogP contribution is 2.15. The van der Waals surface area contributed by atoms with Crippen LogP contribution in [-0.4, -0.2) is 67.0 Å². The highest BCUT2D eigenvalue weighted by atomic mass is 32.1. The normalized spacial score (nSPS) is 22.7. The quantitative estimate of drug-likeness (QED) is 0.827. The number of piperazine rings is 1. The van der Waals surface area contributed by atoms with Gasteiger partial charge in [-0.15, -0.1) is 11.3 Å². The second kappa shape index (κ2) is 6.62. The first-order chi connectivity index (χ1) is 9.47. The zero-order valence-corrected chi connectivity index (χ0v) is 13.1. The molecule has 20 heavy (non-hydrogen) atoms. The fourth-order valence-corrected chi connectivity index (χ4v) is 2.98. The number of nitrogens with one attached hydrogen (secondary N) is 1. The van der Waals surface area contributed by atoms with Crippen LogP contribution in [-0.2, 0) is 0 Å². The number of rotatable bonds is 4. The van der Waals surface area contributed by atoms with Crippen molar-refractivity contribution in [3.05, 3.63) is 16.1 Å². The van der Waals surface area contributed by atoms with Gasteiger partial charge in [-0.25, -0.2) is 4.98 Å². The maximum absolute atomic E-state index is 12.1. The third-order valence-corrected chi connectivity index (χ3v) is 4.67. The van der Waals surface area contributed by atoms with Crippen LogP contribution in [0.15, 0.2) is 5.38 Å². The average molecular weight is 297 g/mol. The van der Waals surface area contributed by atoms with E-state index >= 15 is 0 Å². The summed E-state index contributed by atoms with van der Waals surface area (Å²) in [5.41, 5.74) is 6.22. The monoisotopic (exact) mass is 297 g/mol. The number of likely N-dealkylation sites (N-methyl/N-ethyl adjacent to an activating group) is 2. The van der Waals surface area contributed by atoms with Gasteiger partial charge in [-0.1, -0.05) is 0 Å². The van der Waals surface area contributed by atoms with Crippen molar-refractivity contribution in [2.24, 2.45) is 5.73 Å². The van der Waals surface area contributed by atoms with Crippen molar-refractivity contribution in [1.82, 2.24) is 20.1 Å². The molecule has 6 nitrogen and oxygen atoms in total. The van der Waals surface area contributed by atoms with E-state index in [2.05, 4.69) is 34.2 Å². The van der Waals surface area contributed by atoms with Gasteiger partial charge in [0, 0.05) is 37.6 Å². The maximum Gasteiger partial charge on any atom is 0.270 e. The highest BCUT2D eigenvalue weighted by molar-refractivity contribution is 7.09. The highest BCUT2D eigenvalue weighted by Gasteiger charge is 2.23. The van der Waals surface area contributed by atoms with Gasteiger partial charge in [-0.3, -0.25) is 9.69 Å². The zero-order chi connectivity index (χ0) is 14.7. The largest absolute Gasteiger partial charge is 0.349 e. The topological polar surface area (TPSA) is 74.5 Å². The predicted molar refractivity (Wildman–Crippen MR) is 81.0 cm³/mol. The van der Waals surface area contributed by atoms with Crippen LogP contribution >= 0.6 is 11.3 Å². The fraction of sp³-hybridized carbons (Fsp3) is 0.692. The third-order valence-electron chi connectivity index (χ3n) is 3.62. The SMILES string of the molecule is CC(N)c1nc(C(=O)NCC2CN(C)CCN2C)cs1. The Bertz CT molecular complexity index is 461. The molecule has 0 bridgehead atoms. The number of hydrogen-bond acceptors (Lipinski definition) is 6. The Morgan fingerprint density at radius 3 is 3.00 bits per heavy atom. The Morgan fingerprint density at radius 2 is 2.35 bits per heavy atom. The Morgan fingerprint density at radius 1 is 1.60 bits per heavy atom. The van der Waals surface area contributed by atoms with E-state index in [9.17, 15) is 4.79 Å². The van der Waals surface area contributed by atoms with Gasteiger partial charge in [0.05, 0.1) is 6.04 Å². The standard InChI is InChI=1S/C13H23N5OS/c1-9(14)13-16-11(8-20-13)12(19)15-6-10-7-17(2)4-5-18(10)3/h8-10H,4-7,14H2,1-3H3,(H,15,19). The molecule has 2 rings (SSSR count). The van der Waals surface area contributed by atoms with Gasteiger partial charge in [0.2, 0.25) is 0 Å². The summed E-state index contributed by atoms with van der Waals surface area (Å²) in [6.45, 7) is 5.59. The summed E-state index contributed by atoms with van der Waals surface area (Å²) in [6.07, 6.45) is 0. The van der Waals surface area contributed by atoms with E-state index in [0.29, 0.717) is 18.3 Å². The smallest absolute Gasteiger partial charge is 0.270 e. The average Bonchev–Trinajstić information content (AvgIpc) is 2.89. The van der Waals surface area contributed by atoms with Crippen LogP contribution in [0, 0.1) is 0 Å². The number of aromatic nitrogens is 1. The molecule has 112 valence electrons. The van der Waals surface area contributed by atoms with Gasteiger partial charge in [-0.05, 0) is 21.0 Å². The lowest BCUT2D eigenvalue weighted by atomic mass is 10.2. The Kier molecular flexibility index (Phi) is 5.09. The van der Waals surface area contributed by atoms with Gasteiger partial charge in [0.25, 0.3) is 5.91 Å². The fourth-order valence-electron chi connectivity index (χ4n) is 2.22. The van der Waals surface area contributed by atoms with Crippen molar-refractivity contribution in [3.63, 3.8) is 0 Å². The van der Waals surface area contributed by atoms with Crippen LogP contribution < -0.4 is 11.1 Å². The first kappa shape index (κ1) is 15.4. The minimum Gasteiger partial charge on any atom is -0.349 e. The molecule has 7 heteroatoms. The molecule has 1 aliphatic rings.